The number of para-hydroxylation sites is 1. The Labute approximate surface area is 143 Å². The zero-order valence-corrected chi connectivity index (χ0v) is 15.1. The maximum atomic E-state index is 12.6. The molecule has 0 radical (unpaired) electrons. The summed E-state index contributed by atoms with van der Waals surface area (Å²) in [5.74, 6) is 0. The molecule has 1 fully saturated rings. The van der Waals surface area contributed by atoms with Gasteiger partial charge < -0.3 is 15.3 Å². The molecule has 1 aromatic carbocycles. The van der Waals surface area contributed by atoms with Crippen molar-refractivity contribution < 1.29 is 9.90 Å². The lowest BCUT2D eigenvalue weighted by Crippen LogP contribution is -2.43. The predicted molar refractivity (Wildman–Crippen MR) is 97.1 cm³/mol. The van der Waals surface area contributed by atoms with Crippen LogP contribution in [0.5, 0.6) is 0 Å². The largest absolute Gasteiger partial charge is 0.392 e. The van der Waals surface area contributed by atoms with Gasteiger partial charge in [-0.05, 0) is 45.7 Å². The first kappa shape index (κ1) is 18.1. The molecule has 1 unspecified atom stereocenters. The van der Waals surface area contributed by atoms with E-state index in [-0.39, 0.29) is 12.1 Å². The van der Waals surface area contributed by atoms with Gasteiger partial charge in [-0.1, -0.05) is 25.0 Å². The van der Waals surface area contributed by atoms with Crippen LogP contribution in [0.25, 0.3) is 0 Å². The van der Waals surface area contributed by atoms with Crippen molar-refractivity contribution >= 4 is 23.5 Å². The number of nitrogens with zero attached hydrogens (tertiary/aromatic N) is 1. The van der Waals surface area contributed by atoms with E-state index in [4.69, 9.17) is 0 Å². The number of benzene rings is 1. The first-order valence-electron chi connectivity index (χ1n) is 8.48. The van der Waals surface area contributed by atoms with E-state index in [2.05, 4.69) is 11.4 Å². The van der Waals surface area contributed by atoms with Crippen molar-refractivity contribution in [3.63, 3.8) is 0 Å². The zero-order chi connectivity index (χ0) is 16.8. The van der Waals surface area contributed by atoms with Gasteiger partial charge in [-0.3, -0.25) is 0 Å². The highest BCUT2D eigenvalue weighted by Crippen LogP contribution is 2.38. The minimum Gasteiger partial charge on any atom is -0.392 e. The van der Waals surface area contributed by atoms with Crippen LogP contribution in [0.15, 0.2) is 29.2 Å². The fourth-order valence-electron chi connectivity index (χ4n) is 2.86. The van der Waals surface area contributed by atoms with Gasteiger partial charge in [0.2, 0.25) is 0 Å². The Bertz CT molecular complexity index is 513. The van der Waals surface area contributed by atoms with Crippen molar-refractivity contribution in [1.29, 1.82) is 0 Å². The first-order valence-corrected chi connectivity index (χ1v) is 9.36. The van der Waals surface area contributed by atoms with Gasteiger partial charge in [0.25, 0.3) is 0 Å². The fraction of sp³-hybridized carbons (Fsp3) is 0.611. The summed E-state index contributed by atoms with van der Waals surface area (Å²) in [7, 11) is 0. The SMILES string of the molecule is CC(O)CN(C(=O)Nc1ccccc1SC1CCCC1)C(C)C. The van der Waals surface area contributed by atoms with Crippen molar-refractivity contribution in [3.05, 3.63) is 24.3 Å². The lowest BCUT2D eigenvalue weighted by atomic mass is 10.2. The second-order valence-electron chi connectivity index (χ2n) is 6.55. The third-order valence-corrected chi connectivity index (χ3v) is 5.48. The highest BCUT2D eigenvalue weighted by atomic mass is 32.2. The van der Waals surface area contributed by atoms with Crippen molar-refractivity contribution in [2.24, 2.45) is 0 Å². The summed E-state index contributed by atoms with van der Waals surface area (Å²) in [4.78, 5) is 15.4. The number of aliphatic hydroxyl groups is 1. The molecule has 2 N–H and O–H groups in total. The maximum Gasteiger partial charge on any atom is 0.322 e. The Balaban J connectivity index is 2.07. The molecule has 0 bridgehead atoms. The molecule has 23 heavy (non-hydrogen) atoms. The Morgan fingerprint density at radius 1 is 1.30 bits per heavy atom. The van der Waals surface area contributed by atoms with E-state index in [0.29, 0.717) is 11.8 Å². The summed E-state index contributed by atoms with van der Waals surface area (Å²) in [5.41, 5.74) is 0.866. The van der Waals surface area contributed by atoms with Gasteiger partial charge in [-0.15, -0.1) is 11.8 Å². The normalized spacial score (nSPS) is 16.6. The molecular formula is C18H28N2O2S. The number of carbonyl (C=O) groups excluding carboxylic acids is 1. The number of nitrogens with one attached hydrogen (secondary N) is 1. The number of carbonyl (C=O) groups is 1. The Morgan fingerprint density at radius 3 is 2.57 bits per heavy atom. The summed E-state index contributed by atoms with van der Waals surface area (Å²) >= 11 is 1.87. The van der Waals surface area contributed by atoms with E-state index in [9.17, 15) is 9.90 Å². The number of hydrogen-bond acceptors (Lipinski definition) is 3. The standard InChI is InChI=1S/C18H28N2O2S/c1-13(2)20(12-14(3)21)18(22)19-16-10-6-7-11-17(16)23-15-8-4-5-9-15/h6-7,10-11,13-15,21H,4-5,8-9,12H2,1-3H3,(H,19,22). The summed E-state index contributed by atoms with van der Waals surface area (Å²) in [6.45, 7) is 5.95. The third kappa shape index (κ3) is 5.43. The van der Waals surface area contributed by atoms with Gasteiger partial charge in [-0.2, -0.15) is 0 Å². The number of rotatable bonds is 6. The number of aliphatic hydroxyl groups excluding tert-OH is 1. The van der Waals surface area contributed by atoms with Crippen LogP contribution in [0.1, 0.15) is 46.5 Å². The van der Waals surface area contributed by atoms with Crippen molar-refractivity contribution in [3.8, 4) is 0 Å². The minimum absolute atomic E-state index is 0.0410. The Kier molecular flexibility index (Phi) is 6.78. The molecule has 128 valence electrons. The molecule has 4 nitrogen and oxygen atoms in total. The number of urea groups is 1. The van der Waals surface area contributed by atoms with E-state index in [1.807, 2.05) is 43.8 Å². The minimum atomic E-state index is -0.536. The van der Waals surface area contributed by atoms with Gasteiger partial charge in [0.05, 0.1) is 11.8 Å². The van der Waals surface area contributed by atoms with Crippen LogP contribution >= 0.6 is 11.8 Å². The van der Waals surface area contributed by atoms with Gasteiger partial charge in [0.1, 0.15) is 0 Å². The molecule has 0 spiro atoms. The molecule has 0 aliphatic heterocycles. The van der Waals surface area contributed by atoms with E-state index in [0.717, 1.165) is 10.6 Å². The number of amides is 2. The van der Waals surface area contributed by atoms with Crippen LogP contribution in [0, 0.1) is 0 Å². The Morgan fingerprint density at radius 2 is 1.96 bits per heavy atom. The average Bonchev–Trinajstić information content (AvgIpc) is 2.99. The molecule has 0 heterocycles. The molecule has 2 rings (SSSR count). The van der Waals surface area contributed by atoms with E-state index >= 15 is 0 Å². The monoisotopic (exact) mass is 336 g/mol. The van der Waals surface area contributed by atoms with E-state index in [1.54, 1.807) is 11.8 Å². The van der Waals surface area contributed by atoms with Crippen LogP contribution < -0.4 is 5.32 Å². The molecule has 1 aliphatic rings. The van der Waals surface area contributed by atoms with E-state index < -0.39 is 6.10 Å². The topological polar surface area (TPSA) is 52.6 Å². The molecule has 2 amide bonds. The molecule has 0 aromatic heterocycles. The van der Waals surface area contributed by atoms with Crippen molar-refractivity contribution in [2.75, 3.05) is 11.9 Å². The van der Waals surface area contributed by atoms with Crippen LogP contribution in [0.2, 0.25) is 0 Å². The predicted octanol–water partition coefficient (Wildman–Crippen LogP) is 4.34. The van der Waals surface area contributed by atoms with Crippen LogP contribution in [-0.2, 0) is 0 Å². The number of hydrogen-bond donors (Lipinski definition) is 2. The highest BCUT2D eigenvalue weighted by molar-refractivity contribution is 8.00. The van der Waals surface area contributed by atoms with Gasteiger partial charge >= 0.3 is 6.03 Å². The molecule has 1 aliphatic carbocycles. The smallest absolute Gasteiger partial charge is 0.322 e. The molecule has 1 saturated carbocycles. The highest BCUT2D eigenvalue weighted by Gasteiger charge is 2.21. The summed E-state index contributed by atoms with van der Waals surface area (Å²) in [5, 5.41) is 13.3. The molecule has 1 atom stereocenters. The number of anilines is 1. The quantitative estimate of drug-likeness (QED) is 0.812. The van der Waals surface area contributed by atoms with Crippen molar-refractivity contribution in [2.45, 2.75) is 68.7 Å². The summed E-state index contributed by atoms with van der Waals surface area (Å²) in [6, 6.07) is 7.88. The van der Waals surface area contributed by atoms with Crippen LogP contribution in [0.4, 0.5) is 10.5 Å². The van der Waals surface area contributed by atoms with Crippen LogP contribution in [-0.4, -0.2) is 40.0 Å². The molecule has 5 heteroatoms. The first-order chi connectivity index (χ1) is 11.0. The Hall–Kier alpha value is -1.20. The van der Waals surface area contributed by atoms with Gasteiger partial charge in [-0.25, -0.2) is 4.79 Å². The van der Waals surface area contributed by atoms with Crippen LogP contribution in [0.3, 0.4) is 0 Å². The molecule has 1 aromatic rings. The number of thioether (sulfide) groups is 1. The average molecular weight is 337 g/mol. The second-order valence-corrected chi connectivity index (χ2v) is 7.89. The summed E-state index contributed by atoms with van der Waals surface area (Å²) in [6.07, 6.45) is 4.59. The van der Waals surface area contributed by atoms with Gasteiger partial charge in [0, 0.05) is 22.7 Å². The molecule has 0 saturated heterocycles. The lowest BCUT2D eigenvalue weighted by Gasteiger charge is -2.28. The fourth-order valence-corrected chi connectivity index (χ4v) is 4.19. The summed E-state index contributed by atoms with van der Waals surface area (Å²) < 4.78 is 0. The second kappa shape index (κ2) is 8.60. The zero-order valence-electron chi connectivity index (χ0n) is 14.3. The molecular weight excluding hydrogens is 308 g/mol. The lowest BCUT2D eigenvalue weighted by molar-refractivity contribution is 0.125. The van der Waals surface area contributed by atoms with Crippen molar-refractivity contribution in [1.82, 2.24) is 4.90 Å². The van der Waals surface area contributed by atoms with E-state index in [1.165, 1.54) is 25.7 Å². The third-order valence-electron chi connectivity index (χ3n) is 4.07. The van der Waals surface area contributed by atoms with Gasteiger partial charge in [0.15, 0.2) is 0 Å². The maximum absolute atomic E-state index is 12.6.